The van der Waals surface area contributed by atoms with E-state index >= 15 is 0 Å². The third kappa shape index (κ3) is 5.08. The van der Waals surface area contributed by atoms with Crippen LogP contribution in [-0.2, 0) is 4.79 Å². The van der Waals surface area contributed by atoms with Gasteiger partial charge in [0.05, 0.1) is 6.04 Å². The number of benzene rings is 2. The van der Waals surface area contributed by atoms with Crippen LogP contribution in [0.1, 0.15) is 23.6 Å². The number of carbonyl (C=O) groups excluding carboxylic acids is 1. The molecule has 0 atom stereocenters. The molecule has 0 aliphatic carbocycles. The van der Waals surface area contributed by atoms with E-state index in [0.29, 0.717) is 17.9 Å². The molecule has 1 N–H and O–H groups in total. The standard InChI is InChI=1S/C25H27N7O/c33-24(28-22-11-12-23-26-19-27-32(23)29-22)13-14-30-15-17-31(18-16-30)25(20-7-3-1-4-8-20)21-9-5-2-6-10-21/h1-12,19,25H,13-18H2,(H,28,29,33). The van der Waals surface area contributed by atoms with Crippen LogP contribution in [0.5, 0.6) is 0 Å². The van der Waals surface area contributed by atoms with Gasteiger partial charge in [-0.3, -0.25) is 9.69 Å². The van der Waals surface area contributed by atoms with Crippen LogP contribution in [0.25, 0.3) is 5.65 Å². The Kier molecular flexibility index (Phi) is 6.37. The van der Waals surface area contributed by atoms with Crippen molar-refractivity contribution < 1.29 is 4.79 Å². The van der Waals surface area contributed by atoms with E-state index < -0.39 is 0 Å². The molecule has 1 aliphatic rings. The first-order valence-electron chi connectivity index (χ1n) is 11.3. The molecule has 1 saturated heterocycles. The molecular formula is C25H27N7O. The Morgan fingerprint density at radius 3 is 2.21 bits per heavy atom. The zero-order valence-corrected chi connectivity index (χ0v) is 18.4. The van der Waals surface area contributed by atoms with Gasteiger partial charge in [-0.25, -0.2) is 4.98 Å². The first-order chi connectivity index (χ1) is 16.3. The first-order valence-corrected chi connectivity index (χ1v) is 11.3. The highest BCUT2D eigenvalue weighted by molar-refractivity contribution is 5.89. The Balaban J connectivity index is 1.16. The van der Waals surface area contributed by atoms with Crippen molar-refractivity contribution >= 4 is 17.4 Å². The highest BCUT2D eigenvalue weighted by Gasteiger charge is 2.26. The normalized spacial score (nSPS) is 15.2. The summed E-state index contributed by atoms with van der Waals surface area (Å²) in [7, 11) is 0. The van der Waals surface area contributed by atoms with Crippen LogP contribution in [0.2, 0.25) is 0 Å². The molecule has 3 heterocycles. The summed E-state index contributed by atoms with van der Waals surface area (Å²) in [6.07, 6.45) is 1.87. The van der Waals surface area contributed by atoms with E-state index in [1.165, 1.54) is 22.1 Å². The average molecular weight is 442 g/mol. The van der Waals surface area contributed by atoms with E-state index in [-0.39, 0.29) is 11.9 Å². The Labute approximate surface area is 192 Å². The van der Waals surface area contributed by atoms with Gasteiger partial charge in [-0.2, -0.15) is 0 Å². The molecule has 0 radical (unpaired) electrons. The highest BCUT2D eigenvalue weighted by Crippen LogP contribution is 2.29. The van der Waals surface area contributed by atoms with Gasteiger partial charge >= 0.3 is 0 Å². The quantitative estimate of drug-likeness (QED) is 0.475. The molecule has 5 rings (SSSR count). The van der Waals surface area contributed by atoms with Gasteiger partial charge in [0.15, 0.2) is 11.5 Å². The number of hydrogen-bond acceptors (Lipinski definition) is 6. The summed E-state index contributed by atoms with van der Waals surface area (Å²) in [5.41, 5.74) is 3.27. The number of nitrogens with one attached hydrogen (secondary N) is 1. The lowest BCUT2D eigenvalue weighted by Crippen LogP contribution is -2.48. The molecule has 0 bridgehead atoms. The molecule has 2 aromatic heterocycles. The van der Waals surface area contributed by atoms with Crippen LogP contribution in [0.15, 0.2) is 79.1 Å². The number of hydrogen-bond donors (Lipinski definition) is 1. The van der Waals surface area contributed by atoms with Gasteiger partial charge in [-0.15, -0.1) is 14.8 Å². The van der Waals surface area contributed by atoms with Crippen molar-refractivity contribution in [1.29, 1.82) is 0 Å². The van der Waals surface area contributed by atoms with Crippen molar-refractivity contribution in [3.63, 3.8) is 0 Å². The SMILES string of the molecule is O=C(CCN1CCN(C(c2ccccc2)c2ccccc2)CC1)Nc1ccc2ncnn2n1. The van der Waals surface area contributed by atoms with E-state index in [4.69, 9.17) is 0 Å². The Hall–Kier alpha value is -3.62. The van der Waals surface area contributed by atoms with Crippen LogP contribution in [0.3, 0.4) is 0 Å². The van der Waals surface area contributed by atoms with Crippen LogP contribution in [0, 0.1) is 0 Å². The summed E-state index contributed by atoms with van der Waals surface area (Å²) in [6, 6.07) is 25.2. The monoisotopic (exact) mass is 441 g/mol. The summed E-state index contributed by atoms with van der Waals surface area (Å²) in [4.78, 5) is 21.4. The number of amides is 1. The summed E-state index contributed by atoms with van der Waals surface area (Å²) in [5.74, 6) is 0.437. The van der Waals surface area contributed by atoms with Crippen LogP contribution >= 0.6 is 0 Å². The molecule has 1 fully saturated rings. The number of nitrogens with zero attached hydrogens (tertiary/aromatic N) is 6. The second-order valence-corrected chi connectivity index (χ2v) is 8.23. The third-order valence-corrected chi connectivity index (χ3v) is 6.07. The topological polar surface area (TPSA) is 78.7 Å². The fourth-order valence-electron chi connectivity index (χ4n) is 4.38. The Morgan fingerprint density at radius 1 is 0.879 bits per heavy atom. The highest BCUT2D eigenvalue weighted by atomic mass is 16.1. The zero-order chi connectivity index (χ0) is 22.5. The molecule has 8 nitrogen and oxygen atoms in total. The zero-order valence-electron chi connectivity index (χ0n) is 18.4. The minimum atomic E-state index is -0.0455. The van der Waals surface area contributed by atoms with Gasteiger partial charge < -0.3 is 10.2 Å². The lowest BCUT2D eigenvalue weighted by molar-refractivity contribution is -0.116. The Morgan fingerprint density at radius 2 is 1.55 bits per heavy atom. The van der Waals surface area contributed by atoms with E-state index in [1.54, 1.807) is 12.1 Å². The van der Waals surface area contributed by atoms with Gasteiger partial charge in [-0.05, 0) is 23.3 Å². The third-order valence-electron chi connectivity index (χ3n) is 6.07. The van der Waals surface area contributed by atoms with E-state index in [1.807, 2.05) is 0 Å². The van der Waals surface area contributed by atoms with Gasteiger partial charge in [0.1, 0.15) is 6.33 Å². The minimum absolute atomic E-state index is 0.0455. The van der Waals surface area contributed by atoms with Gasteiger partial charge in [-0.1, -0.05) is 60.7 Å². The second kappa shape index (κ2) is 9.89. The van der Waals surface area contributed by atoms with Crippen molar-refractivity contribution in [1.82, 2.24) is 29.6 Å². The molecule has 168 valence electrons. The van der Waals surface area contributed by atoms with Crippen molar-refractivity contribution in [2.45, 2.75) is 12.5 Å². The molecule has 0 spiro atoms. The lowest BCUT2D eigenvalue weighted by Gasteiger charge is -2.39. The maximum Gasteiger partial charge on any atom is 0.226 e. The lowest BCUT2D eigenvalue weighted by atomic mass is 9.96. The predicted octanol–water partition coefficient (Wildman–Crippen LogP) is 2.86. The van der Waals surface area contributed by atoms with Crippen molar-refractivity contribution in [3.8, 4) is 0 Å². The molecule has 8 heteroatoms. The maximum absolute atomic E-state index is 12.4. The molecule has 0 saturated carbocycles. The predicted molar refractivity (Wildman–Crippen MR) is 127 cm³/mol. The second-order valence-electron chi connectivity index (χ2n) is 8.23. The fourth-order valence-corrected chi connectivity index (χ4v) is 4.38. The average Bonchev–Trinajstić information content (AvgIpc) is 3.33. The molecule has 0 unspecified atom stereocenters. The van der Waals surface area contributed by atoms with Crippen molar-refractivity contribution in [2.24, 2.45) is 0 Å². The minimum Gasteiger partial charge on any atom is -0.309 e. The van der Waals surface area contributed by atoms with Crippen LogP contribution < -0.4 is 5.32 Å². The van der Waals surface area contributed by atoms with Gasteiger partial charge in [0, 0.05) is 39.1 Å². The summed E-state index contributed by atoms with van der Waals surface area (Å²) in [5, 5.41) is 11.1. The number of rotatable bonds is 7. The number of carbonyl (C=O) groups is 1. The molecule has 4 aromatic rings. The largest absolute Gasteiger partial charge is 0.309 e. The number of piperazine rings is 1. The summed E-state index contributed by atoms with van der Waals surface area (Å²) >= 11 is 0. The number of fused-ring (bicyclic) bond motifs is 1. The van der Waals surface area contributed by atoms with E-state index in [2.05, 4.69) is 91.0 Å². The maximum atomic E-state index is 12.4. The number of anilines is 1. The first kappa shape index (κ1) is 21.2. The van der Waals surface area contributed by atoms with E-state index in [9.17, 15) is 4.79 Å². The van der Waals surface area contributed by atoms with Crippen LogP contribution in [-0.4, -0.2) is 68.2 Å². The summed E-state index contributed by atoms with van der Waals surface area (Å²) in [6.45, 7) is 4.52. The van der Waals surface area contributed by atoms with Gasteiger partial charge in [0.25, 0.3) is 0 Å². The molecule has 2 aromatic carbocycles. The number of aromatic nitrogens is 4. The fraction of sp³-hybridized carbons (Fsp3) is 0.280. The van der Waals surface area contributed by atoms with Gasteiger partial charge in [0.2, 0.25) is 5.91 Å². The Bertz CT molecular complexity index is 1150. The van der Waals surface area contributed by atoms with Crippen LogP contribution in [0.4, 0.5) is 5.82 Å². The van der Waals surface area contributed by atoms with Crippen molar-refractivity contribution in [3.05, 3.63) is 90.3 Å². The summed E-state index contributed by atoms with van der Waals surface area (Å²) < 4.78 is 1.41. The molecule has 33 heavy (non-hydrogen) atoms. The molecular weight excluding hydrogens is 414 g/mol. The molecule has 1 amide bonds. The van der Waals surface area contributed by atoms with Crippen molar-refractivity contribution in [2.75, 3.05) is 38.0 Å². The smallest absolute Gasteiger partial charge is 0.226 e. The molecule has 1 aliphatic heterocycles. The van der Waals surface area contributed by atoms with E-state index in [0.717, 1.165) is 32.7 Å².